The third-order valence-electron chi connectivity index (χ3n) is 5.89. The van der Waals surface area contributed by atoms with Crippen molar-refractivity contribution < 1.29 is 13.6 Å². The van der Waals surface area contributed by atoms with Gasteiger partial charge in [0.1, 0.15) is 0 Å². The number of benzene rings is 2. The lowest BCUT2D eigenvalue weighted by molar-refractivity contribution is 0.102. The molecule has 2 N–H and O–H groups in total. The highest BCUT2D eigenvalue weighted by atomic mass is 32.1. The van der Waals surface area contributed by atoms with Crippen LogP contribution in [-0.2, 0) is 5.25 Å². The monoisotopic (exact) mass is 543 g/mol. The van der Waals surface area contributed by atoms with Crippen LogP contribution in [0.4, 0.5) is 26.1 Å². The van der Waals surface area contributed by atoms with Gasteiger partial charge >= 0.3 is 5.25 Å². The maximum absolute atomic E-state index is 14.1. The molecule has 39 heavy (non-hydrogen) atoms. The highest BCUT2D eigenvalue weighted by molar-refractivity contribution is 7.81. The van der Waals surface area contributed by atoms with Gasteiger partial charge in [-0.25, -0.2) is 15.0 Å². The number of nitrogens with one attached hydrogen (secondary N) is 2. The zero-order valence-corrected chi connectivity index (χ0v) is 21.8. The van der Waals surface area contributed by atoms with Crippen molar-refractivity contribution in [3.63, 3.8) is 0 Å². The van der Waals surface area contributed by atoms with Gasteiger partial charge in [-0.05, 0) is 67.9 Å². The zero-order chi connectivity index (χ0) is 27.6. The first-order valence-electron chi connectivity index (χ1n) is 11.8. The molecule has 11 heteroatoms. The van der Waals surface area contributed by atoms with Crippen molar-refractivity contribution in [3.05, 3.63) is 108 Å². The van der Waals surface area contributed by atoms with E-state index in [0.29, 0.717) is 28.6 Å². The molecule has 0 radical (unpaired) electrons. The number of nitrogens with zero attached hydrogens (tertiary/aromatic N) is 5. The molecule has 0 aliphatic rings. The second-order valence-corrected chi connectivity index (χ2v) is 9.41. The third-order valence-corrected chi connectivity index (χ3v) is 6.15. The minimum Gasteiger partial charge on any atom is -0.324 e. The molecule has 0 saturated carbocycles. The molecule has 3 heterocycles. The SMILES string of the molecule is Cc1cn(-c2cc(NC(=O)c3ccc(C)c(Nc4nccc(-c5cccnc5)n4)c3)cc(C(F)(F)S)c2)cn1. The number of hydrogen-bond acceptors (Lipinski definition) is 7. The number of halogens is 2. The first kappa shape index (κ1) is 26.0. The fourth-order valence-corrected chi connectivity index (χ4v) is 4.01. The van der Waals surface area contributed by atoms with Crippen LogP contribution in [0.3, 0.4) is 0 Å². The van der Waals surface area contributed by atoms with E-state index >= 15 is 0 Å². The van der Waals surface area contributed by atoms with Crippen LogP contribution >= 0.6 is 12.6 Å². The minimum absolute atomic E-state index is 0.190. The Bertz CT molecular complexity index is 1650. The standard InChI is InChI=1S/C28H23F2N7OS/c1-17-5-6-19(10-25(17)36-27-32-9-7-24(35-27)20-4-3-8-31-14-20)26(38)34-22-11-21(28(29,30)39)12-23(13-22)37-15-18(2)33-16-37/h3-16,39H,1-2H3,(H,34,38)(H,32,35,36). The summed E-state index contributed by atoms with van der Waals surface area (Å²) >= 11 is 3.42. The number of imidazole rings is 1. The summed E-state index contributed by atoms with van der Waals surface area (Å²) in [6, 6.07) is 14.7. The Balaban J connectivity index is 1.41. The number of alkyl halides is 2. The average Bonchev–Trinajstić information content (AvgIpc) is 3.36. The number of carbonyl (C=O) groups excluding carboxylic acids is 1. The molecule has 0 fully saturated rings. The Hall–Kier alpha value is -4.64. The minimum atomic E-state index is -3.41. The van der Waals surface area contributed by atoms with Gasteiger partial charge in [-0.1, -0.05) is 6.07 Å². The smallest absolute Gasteiger partial charge is 0.316 e. The van der Waals surface area contributed by atoms with Gasteiger partial charge in [0.15, 0.2) is 0 Å². The van der Waals surface area contributed by atoms with Gasteiger partial charge in [-0.15, -0.1) is 12.6 Å². The van der Waals surface area contributed by atoms with Gasteiger partial charge in [0, 0.05) is 58.5 Å². The largest absolute Gasteiger partial charge is 0.324 e. The second-order valence-electron chi connectivity index (χ2n) is 8.85. The van der Waals surface area contributed by atoms with Crippen molar-refractivity contribution in [3.8, 4) is 16.9 Å². The molecule has 0 saturated heterocycles. The fraction of sp³-hybridized carbons (Fsp3) is 0.107. The maximum atomic E-state index is 14.1. The summed E-state index contributed by atoms with van der Waals surface area (Å²) < 4.78 is 29.9. The summed E-state index contributed by atoms with van der Waals surface area (Å²) in [5.41, 5.74) is 4.29. The van der Waals surface area contributed by atoms with Crippen LogP contribution in [0.1, 0.15) is 27.2 Å². The summed E-state index contributed by atoms with van der Waals surface area (Å²) in [7, 11) is 0. The lowest BCUT2D eigenvalue weighted by Gasteiger charge is -2.16. The second kappa shape index (κ2) is 10.6. The van der Waals surface area contributed by atoms with Gasteiger partial charge in [-0.2, -0.15) is 8.78 Å². The van der Waals surface area contributed by atoms with Gasteiger partial charge in [0.2, 0.25) is 5.95 Å². The Morgan fingerprint density at radius 3 is 2.59 bits per heavy atom. The van der Waals surface area contributed by atoms with E-state index < -0.39 is 11.2 Å². The molecule has 5 rings (SSSR count). The van der Waals surface area contributed by atoms with Crippen molar-refractivity contribution in [2.45, 2.75) is 19.1 Å². The zero-order valence-electron chi connectivity index (χ0n) is 20.9. The Labute approximate surface area is 228 Å². The number of thiol groups is 1. The molecule has 0 aliphatic carbocycles. The predicted octanol–water partition coefficient (Wildman–Crippen LogP) is 6.32. The topological polar surface area (TPSA) is 97.6 Å². The van der Waals surface area contributed by atoms with E-state index in [-0.39, 0.29) is 11.3 Å². The van der Waals surface area contributed by atoms with Crippen LogP contribution < -0.4 is 10.6 Å². The van der Waals surface area contributed by atoms with E-state index in [1.54, 1.807) is 66.6 Å². The van der Waals surface area contributed by atoms with Crippen LogP contribution in [0.15, 0.2) is 85.7 Å². The van der Waals surface area contributed by atoms with E-state index in [2.05, 4.69) is 43.2 Å². The molecule has 5 aromatic rings. The van der Waals surface area contributed by atoms with Crippen molar-refractivity contribution in [1.29, 1.82) is 0 Å². The molecule has 1 amide bonds. The van der Waals surface area contributed by atoms with Gasteiger partial charge in [0.25, 0.3) is 5.91 Å². The van der Waals surface area contributed by atoms with Crippen LogP contribution in [0, 0.1) is 13.8 Å². The maximum Gasteiger partial charge on any atom is 0.316 e. The summed E-state index contributed by atoms with van der Waals surface area (Å²) in [6.45, 7) is 3.67. The van der Waals surface area contributed by atoms with Crippen LogP contribution in [0.5, 0.6) is 0 Å². The van der Waals surface area contributed by atoms with E-state index in [9.17, 15) is 13.6 Å². The molecule has 0 atom stereocenters. The van der Waals surface area contributed by atoms with E-state index in [1.165, 1.54) is 18.5 Å². The normalized spacial score (nSPS) is 11.3. The molecule has 8 nitrogen and oxygen atoms in total. The first-order valence-corrected chi connectivity index (χ1v) is 12.3. The van der Waals surface area contributed by atoms with Gasteiger partial charge in [0.05, 0.1) is 17.7 Å². The summed E-state index contributed by atoms with van der Waals surface area (Å²) in [6.07, 6.45) is 8.24. The van der Waals surface area contributed by atoms with E-state index in [1.807, 2.05) is 19.1 Å². The Kier molecular flexibility index (Phi) is 7.07. The summed E-state index contributed by atoms with van der Waals surface area (Å²) in [5, 5.41) is 2.48. The summed E-state index contributed by atoms with van der Waals surface area (Å²) in [5.74, 6) is -0.128. The molecule has 0 unspecified atom stereocenters. The molecule has 0 spiro atoms. The van der Waals surface area contributed by atoms with Gasteiger partial charge < -0.3 is 15.2 Å². The van der Waals surface area contributed by atoms with Crippen molar-refractivity contribution in [1.82, 2.24) is 24.5 Å². The number of anilines is 3. The lowest BCUT2D eigenvalue weighted by Crippen LogP contribution is -2.14. The Morgan fingerprint density at radius 2 is 1.87 bits per heavy atom. The summed E-state index contributed by atoms with van der Waals surface area (Å²) in [4.78, 5) is 30.3. The number of pyridine rings is 1. The molecular weight excluding hydrogens is 520 g/mol. The lowest BCUT2D eigenvalue weighted by atomic mass is 10.1. The molecule has 0 aliphatic heterocycles. The highest BCUT2D eigenvalue weighted by Gasteiger charge is 2.27. The number of hydrogen-bond donors (Lipinski definition) is 3. The highest BCUT2D eigenvalue weighted by Crippen LogP contribution is 2.35. The van der Waals surface area contributed by atoms with Crippen molar-refractivity contribution >= 4 is 35.9 Å². The molecule has 3 aromatic heterocycles. The quantitative estimate of drug-likeness (QED) is 0.208. The number of carbonyl (C=O) groups is 1. The van der Waals surface area contributed by atoms with Gasteiger partial charge in [-0.3, -0.25) is 9.78 Å². The number of aromatic nitrogens is 5. The molecule has 196 valence electrons. The predicted molar refractivity (Wildman–Crippen MR) is 149 cm³/mol. The number of aryl methyl sites for hydroxylation is 2. The Morgan fingerprint density at radius 1 is 1.03 bits per heavy atom. The number of rotatable bonds is 7. The van der Waals surface area contributed by atoms with Crippen LogP contribution in [-0.4, -0.2) is 30.4 Å². The molecular formula is C28H23F2N7OS. The van der Waals surface area contributed by atoms with E-state index in [4.69, 9.17) is 0 Å². The molecule has 2 aromatic carbocycles. The van der Waals surface area contributed by atoms with E-state index in [0.717, 1.165) is 16.8 Å². The fourth-order valence-electron chi connectivity index (χ4n) is 3.88. The van der Waals surface area contributed by atoms with Crippen LogP contribution in [0.25, 0.3) is 16.9 Å². The van der Waals surface area contributed by atoms with Crippen molar-refractivity contribution in [2.75, 3.05) is 10.6 Å². The van der Waals surface area contributed by atoms with Crippen molar-refractivity contribution in [2.24, 2.45) is 0 Å². The average molecular weight is 544 g/mol. The van der Waals surface area contributed by atoms with Crippen LogP contribution in [0.2, 0.25) is 0 Å². The third kappa shape index (κ3) is 6.10. The first-order chi connectivity index (χ1) is 18.7. The number of amides is 1. The molecule has 0 bridgehead atoms.